The predicted octanol–water partition coefficient (Wildman–Crippen LogP) is 2.24. The van der Waals surface area contributed by atoms with Crippen molar-refractivity contribution >= 4 is 17.4 Å². The van der Waals surface area contributed by atoms with Crippen LogP contribution in [0.1, 0.15) is 32.3 Å². The van der Waals surface area contributed by atoms with E-state index in [4.69, 9.17) is 9.47 Å². The number of methoxy groups -OCH3 is 1. The molecule has 1 saturated carbocycles. The molecule has 1 aromatic carbocycles. The van der Waals surface area contributed by atoms with Gasteiger partial charge in [0.05, 0.1) is 37.0 Å². The average molecular weight is 399 g/mol. The van der Waals surface area contributed by atoms with Crippen LogP contribution in [0.25, 0.3) is 0 Å². The molecule has 4 heterocycles. The van der Waals surface area contributed by atoms with Gasteiger partial charge in [-0.1, -0.05) is 6.07 Å². The molecule has 4 aliphatic heterocycles. The predicted molar refractivity (Wildman–Crippen MR) is 109 cm³/mol. The van der Waals surface area contributed by atoms with Crippen LogP contribution in [0.2, 0.25) is 0 Å². The lowest BCUT2D eigenvalue weighted by atomic mass is 9.55. The maximum atomic E-state index is 13.9. The average Bonchev–Trinajstić information content (AvgIpc) is 3.02. The molecule has 1 aromatic rings. The van der Waals surface area contributed by atoms with Crippen molar-refractivity contribution in [1.82, 2.24) is 4.90 Å². The first-order chi connectivity index (χ1) is 13.9. The summed E-state index contributed by atoms with van der Waals surface area (Å²) in [5, 5.41) is 0. The van der Waals surface area contributed by atoms with E-state index in [9.17, 15) is 9.59 Å². The molecule has 3 saturated heterocycles. The Hall–Kier alpha value is -1.92. The van der Waals surface area contributed by atoms with Crippen LogP contribution >= 0.6 is 0 Å². The number of nitrogens with zero attached hydrogens (tertiary/aromatic N) is 2. The lowest BCUT2D eigenvalue weighted by molar-refractivity contribution is -0.146. The molecule has 4 fully saturated rings. The third-order valence-corrected chi connectivity index (χ3v) is 8.06. The molecule has 156 valence electrons. The van der Waals surface area contributed by atoms with Crippen molar-refractivity contribution in [3.05, 3.63) is 23.8 Å². The number of ketones is 1. The summed E-state index contributed by atoms with van der Waals surface area (Å²) in [6, 6.07) is 5.70. The summed E-state index contributed by atoms with van der Waals surface area (Å²) in [5.74, 6) is 1.73. The van der Waals surface area contributed by atoms with E-state index in [1.54, 1.807) is 14.0 Å². The fraction of sp³-hybridized carbons (Fsp3) is 0.652. The molecule has 6 nitrogen and oxygen atoms in total. The third kappa shape index (κ3) is 2.48. The zero-order chi connectivity index (χ0) is 20.5. The van der Waals surface area contributed by atoms with Crippen molar-refractivity contribution < 1.29 is 19.1 Å². The van der Waals surface area contributed by atoms with E-state index < -0.39 is 5.41 Å². The fourth-order valence-corrected chi connectivity index (χ4v) is 6.71. The largest absolute Gasteiger partial charge is 0.497 e. The van der Waals surface area contributed by atoms with Gasteiger partial charge in [-0.3, -0.25) is 9.59 Å². The molecule has 6 atom stereocenters. The van der Waals surface area contributed by atoms with Crippen LogP contribution < -0.4 is 9.64 Å². The second-order valence-corrected chi connectivity index (χ2v) is 9.36. The quantitative estimate of drug-likeness (QED) is 0.726. The molecule has 6 heteroatoms. The monoisotopic (exact) mass is 398 g/mol. The number of fused-ring (bicyclic) bond motifs is 5. The number of benzene rings is 1. The van der Waals surface area contributed by atoms with Crippen LogP contribution in [-0.4, -0.2) is 62.6 Å². The molecule has 1 spiro atoms. The molecule has 0 N–H and O–H groups in total. The summed E-state index contributed by atoms with van der Waals surface area (Å²) in [7, 11) is 3.77. The van der Waals surface area contributed by atoms with E-state index in [0.29, 0.717) is 30.5 Å². The third-order valence-electron chi connectivity index (χ3n) is 8.06. The van der Waals surface area contributed by atoms with E-state index in [2.05, 4.69) is 18.9 Å². The zero-order valence-corrected chi connectivity index (χ0v) is 17.7. The number of rotatable bonds is 1. The summed E-state index contributed by atoms with van der Waals surface area (Å²) < 4.78 is 11.7. The number of ether oxygens (including phenoxy) is 2. The van der Waals surface area contributed by atoms with Gasteiger partial charge in [-0.05, 0) is 44.5 Å². The van der Waals surface area contributed by atoms with Crippen LogP contribution in [0.5, 0.6) is 5.75 Å². The zero-order valence-electron chi connectivity index (χ0n) is 17.7. The SMILES string of the molecule is COc1ccc2c(c1)N(C(C)=O)[C@H]1[C@@H]3CO[C@H](C)[C@@H]4CN(C)CC[C@]21C(=O)C[C@H]34. The van der Waals surface area contributed by atoms with Gasteiger partial charge in [0.25, 0.3) is 0 Å². The Morgan fingerprint density at radius 3 is 2.79 bits per heavy atom. The van der Waals surface area contributed by atoms with Gasteiger partial charge in [-0.2, -0.15) is 0 Å². The summed E-state index contributed by atoms with van der Waals surface area (Å²) >= 11 is 0. The number of hydrogen-bond donors (Lipinski definition) is 0. The molecule has 1 aliphatic carbocycles. The van der Waals surface area contributed by atoms with E-state index in [-0.39, 0.29) is 29.9 Å². The second-order valence-electron chi connectivity index (χ2n) is 9.36. The molecular weight excluding hydrogens is 368 g/mol. The summed E-state index contributed by atoms with van der Waals surface area (Å²) in [4.78, 5) is 31.1. The molecule has 0 unspecified atom stereocenters. The highest BCUT2D eigenvalue weighted by Crippen LogP contribution is 2.59. The molecule has 0 radical (unpaired) electrons. The minimum atomic E-state index is -0.651. The molecule has 5 aliphatic rings. The highest BCUT2D eigenvalue weighted by molar-refractivity contribution is 6.04. The topological polar surface area (TPSA) is 59.1 Å². The van der Waals surface area contributed by atoms with Crippen LogP contribution in [-0.2, 0) is 19.7 Å². The number of amides is 1. The maximum absolute atomic E-state index is 13.9. The standard InChI is InChI=1S/C23H30N2O4/c1-13-17-11-24(3)8-7-23-19-6-5-15(28-4)9-20(19)25(14(2)26)22(23)18(12-29-13)16(17)10-21(23)27/h5-6,9,13,16-18,22H,7-8,10-12H2,1-4H3/t13-,16+,17+,18-,22+,23-/m1/s1. The first-order valence-electron chi connectivity index (χ1n) is 10.7. The molecule has 6 rings (SSSR count). The highest BCUT2D eigenvalue weighted by atomic mass is 16.5. The molecule has 0 aromatic heterocycles. The van der Waals surface area contributed by atoms with Crippen LogP contribution in [0.4, 0.5) is 5.69 Å². The minimum Gasteiger partial charge on any atom is -0.497 e. The van der Waals surface area contributed by atoms with Gasteiger partial charge in [-0.25, -0.2) is 0 Å². The number of Topliss-reactive ketones (excluding diaryl/α,β-unsaturated/α-hetero) is 1. The fourth-order valence-electron chi connectivity index (χ4n) is 6.71. The van der Waals surface area contributed by atoms with Crippen molar-refractivity contribution in [2.24, 2.45) is 17.8 Å². The molecular formula is C23H30N2O4. The van der Waals surface area contributed by atoms with Crippen molar-refractivity contribution in [3.63, 3.8) is 0 Å². The first-order valence-corrected chi connectivity index (χ1v) is 10.7. The van der Waals surface area contributed by atoms with Crippen molar-refractivity contribution in [2.75, 3.05) is 38.8 Å². The van der Waals surface area contributed by atoms with Crippen molar-refractivity contribution in [1.29, 1.82) is 0 Å². The molecule has 29 heavy (non-hydrogen) atoms. The van der Waals surface area contributed by atoms with Crippen LogP contribution in [0.3, 0.4) is 0 Å². The summed E-state index contributed by atoms with van der Waals surface area (Å²) in [6.07, 6.45) is 1.46. The normalized spacial score (nSPS) is 38.7. The van der Waals surface area contributed by atoms with Gasteiger partial charge in [0.2, 0.25) is 5.91 Å². The Bertz CT molecular complexity index is 870. The van der Waals surface area contributed by atoms with E-state index in [1.807, 2.05) is 23.1 Å². The van der Waals surface area contributed by atoms with Crippen LogP contribution in [0, 0.1) is 17.8 Å². The van der Waals surface area contributed by atoms with Gasteiger partial charge >= 0.3 is 0 Å². The Morgan fingerprint density at radius 1 is 1.28 bits per heavy atom. The number of hydrogen-bond acceptors (Lipinski definition) is 5. The molecule has 1 amide bonds. The van der Waals surface area contributed by atoms with E-state index in [1.165, 1.54) is 0 Å². The van der Waals surface area contributed by atoms with Gasteiger partial charge < -0.3 is 19.3 Å². The smallest absolute Gasteiger partial charge is 0.224 e. The highest BCUT2D eigenvalue weighted by Gasteiger charge is 2.65. The van der Waals surface area contributed by atoms with Crippen molar-refractivity contribution in [3.8, 4) is 5.75 Å². The van der Waals surface area contributed by atoms with Gasteiger partial charge in [0, 0.05) is 37.8 Å². The minimum absolute atomic E-state index is 0.0115. The lowest BCUT2D eigenvalue weighted by Crippen LogP contribution is -2.64. The Kier molecular flexibility index (Phi) is 4.30. The summed E-state index contributed by atoms with van der Waals surface area (Å²) in [5.41, 5.74) is 1.18. The number of carbonyl (C=O) groups excluding carboxylic acids is 2. The summed E-state index contributed by atoms with van der Waals surface area (Å²) in [6.45, 7) is 6.13. The van der Waals surface area contributed by atoms with Gasteiger partial charge in [0.15, 0.2) is 0 Å². The first kappa shape index (κ1) is 19.1. The van der Waals surface area contributed by atoms with Crippen LogP contribution in [0.15, 0.2) is 18.2 Å². The molecule has 4 bridgehead atoms. The van der Waals surface area contributed by atoms with E-state index in [0.717, 1.165) is 30.8 Å². The Morgan fingerprint density at radius 2 is 2.07 bits per heavy atom. The van der Waals surface area contributed by atoms with Gasteiger partial charge in [0.1, 0.15) is 11.5 Å². The van der Waals surface area contributed by atoms with Crippen molar-refractivity contribution in [2.45, 2.75) is 44.2 Å². The Balaban J connectivity index is 1.75. The number of anilines is 1. The number of carbonyl (C=O) groups is 2. The Labute approximate surface area is 172 Å². The maximum Gasteiger partial charge on any atom is 0.224 e. The van der Waals surface area contributed by atoms with Gasteiger partial charge in [-0.15, -0.1) is 0 Å². The van der Waals surface area contributed by atoms with E-state index >= 15 is 0 Å². The lowest BCUT2D eigenvalue weighted by Gasteiger charge is -2.53. The second kappa shape index (κ2) is 6.54.